The molecule has 3 aromatic rings. The number of aromatic amines is 1. The van der Waals surface area contributed by atoms with Crippen LogP contribution in [0.15, 0.2) is 47.8 Å². The molecular weight excluding hydrogens is 404 g/mol. The van der Waals surface area contributed by atoms with Crippen LogP contribution in [-0.2, 0) is 21.4 Å². The first-order chi connectivity index (χ1) is 14.4. The summed E-state index contributed by atoms with van der Waals surface area (Å²) in [7, 11) is -3.91. The Kier molecular flexibility index (Phi) is 5.87. The lowest BCUT2D eigenvalue weighted by Crippen LogP contribution is -2.51. The number of carbonyl (C=O) groups excluding carboxylic acids is 1. The van der Waals surface area contributed by atoms with Crippen LogP contribution in [0.25, 0.3) is 10.9 Å². The second kappa shape index (κ2) is 8.57. The number of benzene rings is 1. The van der Waals surface area contributed by atoms with Gasteiger partial charge in [0.1, 0.15) is 6.04 Å². The number of carbonyl (C=O) groups is 1. The molecule has 0 aliphatic carbocycles. The van der Waals surface area contributed by atoms with Crippen LogP contribution < -0.4 is 4.72 Å². The minimum Gasteiger partial charge on any atom is -0.361 e. The Bertz CT molecular complexity index is 1100. The molecule has 9 nitrogen and oxygen atoms in total. The Morgan fingerprint density at radius 3 is 2.70 bits per heavy atom. The molecule has 2 N–H and O–H groups in total. The third-order valence-electron chi connectivity index (χ3n) is 5.62. The van der Waals surface area contributed by atoms with Gasteiger partial charge in [-0.2, -0.15) is 19.7 Å². The fourth-order valence-electron chi connectivity index (χ4n) is 3.83. The maximum absolute atomic E-state index is 13.2. The molecule has 0 bridgehead atoms. The van der Waals surface area contributed by atoms with E-state index in [1.165, 1.54) is 4.80 Å². The molecule has 1 atom stereocenters. The summed E-state index contributed by atoms with van der Waals surface area (Å²) >= 11 is 0. The maximum atomic E-state index is 13.2. The summed E-state index contributed by atoms with van der Waals surface area (Å²) in [5.41, 5.74) is 0.728. The molecule has 1 saturated heterocycles. The molecule has 0 saturated carbocycles. The number of H-pyrrole nitrogens is 1. The molecule has 10 heteroatoms. The van der Waals surface area contributed by atoms with Crippen LogP contribution in [0.2, 0.25) is 0 Å². The van der Waals surface area contributed by atoms with Gasteiger partial charge in [0.15, 0.2) is 0 Å². The van der Waals surface area contributed by atoms with E-state index in [2.05, 4.69) is 26.8 Å². The van der Waals surface area contributed by atoms with Gasteiger partial charge < -0.3 is 9.88 Å². The molecule has 4 rings (SSSR count). The third kappa shape index (κ3) is 4.39. The molecule has 1 fully saturated rings. The summed E-state index contributed by atoms with van der Waals surface area (Å²) in [4.78, 5) is 19.6. The zero-order valence-corrected chi connectivity index (χ0v) is 17.7. The monoisotopic (exact) mass is 430 g/mol. The number of nitrogens with zero attached hydrogens (tertiary/aromatic N) is 4. The SMILES string of the molecule is CC1CCN(C(=O)C(CCn2nccn2)NS(=O)(=O)c2cccc3[nH]ccc23)CC1. The summed E-state index contributed by atoms with van der Waals surface area (Å²) < 4.78 is 29.1. The minimum absolute atomic E-state index is 0.156. The minimum atomic E-state index is -3.91. The number of fused-ring (bicyclic) bond motifs is 1. The highest BCUT2D eigenvalue weighted by atomic mass is 32.2. The van der Waals surface area contributed by atoms with Crippen LogP contribution in [0, 0.1) is 5.92 Å². The van der Waals surface area contributed by atoms with Gasteiger partial charge in [0.25, 0.3) is 0 Å². The maximum Gasteiger partial charge on any atom is 0.241 e. The van der Waals surface area contributed by atoms with E-state index in [0.717, 1.165) is 18.4 Å². The second-order valence-electron chi connectivity index (χ2n) is 7.79. The van der Waals surface area contributed by atoms with Gasteiger partial charge in [-0.05, 0) is 43.4 Å². The smallest absolute Gasteiger partial charge is 0.241 e. The van der Waals surface area contributed by atoms with Crippen LogP contribution in [0.3, 0.4) is 0 Å². The molecule has 1 aliphatic heterocycles. The zero-order valence-electron chi connectivity index (χ0n) is 16.9. The standard InChI is InChI=1S/C20H26N6O3S/c1-15-6-12-25(13-7-15)20(27)18(8-14-26-22-10-11-23-26)24-30(28,29)19-4-2-3-17-16(19)5-9-21-17/h2-5,9-11,15,18,21,24H,6-8,12-14H2,1H3. The highest BCUT2D eigenvalue weighted by Crippen LogP contribution is 2.23. The average Bonchev–Trinajstić information content (AvgIpc) is 3.42. The first-order valence-electron chi connectivity index (χ1n) is 10.2. The highest BCUT2D eigenvalue weighted by Gasteiger charge is 2.31. The van der Waals surface area contributed by atoms with Crippen LogP contribution in [0.1, 0.15) is 26.2 Å². The molecular formula is C20H26N6O3S. The average molecular weight is 431 g/mol. The van der Waals surface area contributed by atoms with Gasteiger partial charge >= 0.3 is 0 Å². The number of likely N-dealkylation sites (tertiary alicyclic amines) is 1. The molecule has 0 spiro atoms. The lowest BCUT2D eigenvalue weighted by molar-refractivity contribution is -0.134. The van der Waals surface area contributed by atoms with E-state index >= 15 is 0 Å². The lowest BCUT2D eigenvalue weighted by Gasteiger charge is -2.33. The highest BCUT2D eigenvalue weighted by molar-refractivity contribution is 7.89. The summed E-state index contributed by atoms with van der Waals surface area (Å²) in [6.45, 7) is 3.80. The molecule has 3 heterocycles. The summed E-state index contributed by atoms with van der Waals surface area (Å²) in [6.07, 6.45) is 6.93. The van der Waals surface area contributed by atoms with E-state index in [0.29, 0.717) is 30.9 Å². The molecule has 160 valence electrons. The van der Waals surface area contributed by atoms with Crippen molar-refractivity contribution in [2.24, 2.45) is 5.92 Å². The predicted octanol–water partition coefficient (Wildman–Crippen LogP) is 1.76. The van der Waals surface area contributed by atoms with Crippen LogP contribution >= 0.6 is 0 Å². The normalized spacial score (nSPS) is 16.8. The Morgan fingerprint density at radius 1 is 1.23 bits per heavy atom. The number of hydrogen-bond donors (Lipinski definition) is 2. The summed E-state index contributed by atoms with van der Waals surface area (Å²) in [5, 5.41) is 8.71. The van der Waals surface area contributed by atoms with E-state index in [9.17, 15) is 13.2 Å². The van der Waals surface area contributed by atoms with E-state index in [4.69, 9.17) is 0 Å². The van der Waals surface area contributed by atoms with Crippen molar-refractivity contribution in [3.8, 4) is 0 Å². The molecule has 30 heavy (non-hydrogen) atoms. The van der Waals surface area contributed by atoms with Gasteiger partial charge in [-0.1, -0.05) is 13.0 Å². The number of sulfonamides is 1. The number of aromatic nitrogens is 4. The molecule has 1 aliphatic rings. The summed E-state index contributed by atoms with van der Waals surface area (Å²) in [5.74, 6) is 0.377. The number of hydrogen-bond acceptors (Lipinski definition) is 5. The third-order valence-corrected chi connectivity index (χ3v) is 7.15. The van der Waals surface area contributed by atoms with Crippen LogP contribution in [0.5, 0.6) is 0 Å². The van der Waals surface area contributed by atoms with Crippen molar-refractivity contribution in [3.63, 3.8) is 0 Å². The van der Waals surface area contributed by atoms with Crippen molar-refractivity contribution >= 4 is 26.8 Å². The van der Waals surface area contributed by atoms with Gasteiger partial charge in [0, 0.05) is 30.2 Å². The van der Waals surface area contributed by atoms with E-state index in [1.807, 2.05) is 6.07 Å². The Balaban J connectivity index is 1.58. The van der Waals surface area contributed by atoms with Crippen molar-refractivity contribution in [3.05, 3.63) is 42.9 Å². The van der Waals surface area contributed by atoms with Crippen molar-refractivity contribution in [2.45, 2.75) is 43.7 Å². The van der Waals surface area contributed by atoms with Crippen molar-refractivity contribution in [2.75, 3.05) is 13.1 Å². The van der Waals surface area contributed by atoms with Crippen LogP contribution in [0.4, 0.5) is 0 Å². The Morgan fingerprint density at radius 2 is 1.97 bits per heavy atom. The molecule has 0 radical (unpaired) electrons. The first-order valence-corrected chi connectivity index (χ1v) is 11.6. The predicted molar refractivity (Wildman–Crippen MR) is 112 cm³/mol. The van der Waals surface area contributed by atoms with Gasteiger partial charge in [-0.3, -0.25) is 4.79 Å². The van der Waals surface area contributed by atoms with E-state index in [1.54, 1.807) is 41.7 Å². The van der Waals surface area contributed by atoms with E-state index in [-0.39, 0.29) is 17.2 Å². The van der Waals surface area contributed by atoms with Crippen molar-refractivity contribution in [1.29, 1.82) is 0 Å². The van der Waals surface area contributed by atoms with Crippen LogP contribution in [-0.4, -0.2) is 58.3 Å². The van der Waals surface area contributed by atoms with Gasteiger partial charge in [0.2, 0.25) is 15.9 Å². The number of nitrogens with one attached hydrogen (secondary N) is 2. The van der Waals surface area contributed by atoms with E-state index < -0.39 is 16.1 Å². The molecule has 2 aromatic heterocycles. The van der Waals surface area contributed by atoms with Gasteiger partial charge in [-0.25, -0.2) is 8.42 Å². The fourth-order valence-corrected chi connectivity index (χ4v) is 5.27. The van der Waals surface area contributed by atoms with Crippen molar-refractivity contribution < 1.29 is 13.2 Å². The Labute approximate surface area is 175 Å². The van der Waals surface area contributed by atoms with Gasteiger partial charge in [0.05, 0.1) is 23.8 Å². The second-order valence-corrected chi connectivity index (χ2v) is 9.47. The number of aryl methyl sites for hydroxylation is 1. The number of rotatable bonds is 7. The number of piperidine rings is 1. The first kappa shape index (κ1) is 20.5. The molecule has 1 amide bonds. The number of amides is 1. The Hall–Kier alpha value is -2.72. The largest absolute Gasteiger partial charge is 0.361 e. The quantitative estimate of drug-likeness (QED) is 0.593. The lowest BCUT2D eigenvalue weighted by atomic mass is 9.98. The zero-order chi connectivity index (χ0) is 21.1. The topological polar surface area (TPSA) is 113 Å². The van der Waals surface area contributed by atoms with Crippen molar-refractivity contribution in [1.82, 2.24) is 29.6 Å². The molecule has 1 unspecified atom stereocenters. The summed E-state index contributed by atoms with van der Waals surface area (Å²) in [6, 6.07) is 5.89. The fraction of sp³-hybridized carbons (Fsp3) is 0.450. The van der Waals surface area contributed by atoms with Gasteiger partial charge in [-0.15, -0.1) is 0 Å². The molecule has 1 aromatic carbocycles.